The fourth-order valence-corrected chi connectivity index (χ4v) is 1.06. The third kappa shape index (κ3) is 0.756. The van der Waals surface area contributed by atoms with E-state index in [4.69, 9.17) is 0 Å². The standard InChI is InChI=1S/C7H7N3O/c1-10-7(11)6-5(9-10)3-2-4-8-6/h2-4,9H,1H3. The molecule has 0 radical (unpaired) electrons. The van der Waals surface area contributed by atoms with E-state index in [1.807, 2.05) is 6.07 Å². The van der Waals surface area contributed by atoms with Crippen LogP contribution in [0.1, 0.15) is 0 Å². The number of rotatable bonds is 0. The molecule has 0 aliphatic carbocycles. The van der Waals surface area contributed by atoms with E-state index < -0.39 is 0 Å². The van der Waals surface area contributed by atoms with E-state index >= 15 is 0 Å². The van der Waals surface area contributed by atoms with Crippen LogP contribution in [0.25, 0.3) is 11.0 Å². The molecule has 0 saturated carbocycles. The van der Waals surface area contributed by atoms with Gasteiger partial charge in [0.25, 0.3) is 5.56 Å². The molecule has 11 heavy (non-hydrogen) atoms. The van der Waals surface area contributed by atoms with Gasteiger partial charge in [0.2, 0.25) is 0 Å². The van der Waals surface area contributed by atoms with Gasteiger partial charge in [-0.15, -0.1) is 0 Å². The zero-order valence-electron chi connectivity index (χ0n) is 6.03. The molecule has 0 amide bonds. The molecule has 0 saturated heterocycles. The lowest BCUT2D eigenvalue weighted by molar-refractivity contribution is 0.750. The van der Waals surface area contributed by atoms with Crippen LogP contribution in [-0.4, -0.2) is 14.8 Å². The first-order valence-electron chi connectivity index (χ1n) is 3.29. The summed E-state index contributed by atoms with van der Waals surface area (Å²) in [5, 5.41) is 2.87. The monoisotopic (exact) mass is 149 g/mol. The van der Waals surface area contributed by atoms with Crippen molar-refractivity contribution in [1.29, 1.82) is 0 Å². The van der Waals surface area contributed by atoms with Crippen LogP contribution in [0, 0.1) is 0 Å². The highest BCUT2D eigenvalue weighted by atomic mass is 16.1. The molecule has 2 heterocycles. The molecule has 4 heteroatoms. The molecule has 2 aromatic heterocycles. The third-order valence-electron chi connectivity index (χ3n) is 1.60. The van der Waals surface area contributed by atoms with E-state index in [1.54, 1.807) is 19.3 Å². The molecule has 0 unspecified atom stereocenters. The summed E-state index contributed by atoms with van der Waals surface area (Å²) in [6, 6.07) is 3.61. The largest absolute Gasteiger partial charge is 0.294 e. The van der Waals surface area contributed by atoms with E-state index in [0.717, 1.165) is 5.52 Å². The number of aromatic nitrogens is 3. The van der Waals surface area contributed by atoms with Crippen molar-refractivity contribution in [2.75, 3.05) is 0 Å². The van der Waals surface area contributed by atoms with Crippen molar-refractivity contribution in [2.24, 2.45) is 7.05 Å². The van der Waals surface area contributed by atoms with E-state index in [1.165, 1.54) is 4.68 Å². The SMILES string of the molecule is Cn1[nH]c2cccnc2c1=O. The second-order valence-electron chi connectivity index (χ2n) is 2.38. The van der Waals surface area contributed by atoms with Gasteiger partial charge in [-0.3, -0.25) is 14.6 Å². The average molecular weight is 149 g/mol. The Hall–Kier alpha value is -1.58. The topological polar surface area (TPSA) is 50.7 Å². The number of aromatic amines is 1. The number of nitrogens with one attached hydrogen (secondary N) is 1. The summed E-state index contributed by atoms with van der Waals surface area (Å²) in [5.74, 6) is 0. The Labute approximate surface area is 62.5 Å². The number of nitrogens with zero attached hydrogens (tertiary/aromatic N) is 2. The number of aryl methyl sites for hydroxylation is 1. The van der Waals surface area contributed by atoms with E-state index in [9.17, 15) is 4.79 Å². The zero-order valence-corrected chi connectivity index (χ0v) is 6.03. The summed E-state index contributed by atoms with van der Waals surface area (Å²) < 4.78 is 1.41. The maximum Gasteiger partial charge on any atom is 0.292 e. The van der Waals surface area contributed by atoms with Crippen LogP contribution < -0.4 is 5.56 Å². The summed E-state index contributed by atoms with van der Waals surface area (Å²) in [4.78, 5) is 15.1. The van der Waals surface area contributed by atoms with Crippen LogP contribution in [0.2, 0.25) is 0 Å². The Morgan fingerprint density at radius 3 is 3.18 bits per heavy atom. The Morgan fingerprint density at radius 2 is 2.45 bits per heavy atom. The number of H-pyrrole nitrogens is 1. The fourth-order valence-electron chi connectivity index (χ4n) is 1.06. The molecular formula is C7H7N3O. The summed E-state index contributed by atoms with van der Waals surface area (Å²) in [5.41, 5.74) is 1.19. The molecule has 0 aliphatic rings. The molecule has 0 fully saturated rings. The van der Waals surface area contributed by atoms with Crippen LogP contribution in [0.5, 0.6) is 0 Å². The van der Waals surface area contributed by atoms with Gasteiger partial charge in [-0.25, -0.2) is 4.98 Å². The van der Waals surface area contributed by atoms with Crippen molar-refractivity contribution in [3.05, 3.63) is 28.7 Å². The minimum absolute atomic E-state index is 0.0828. The Morgan fingerprint density at radius 1 is 1.64 bits per heavy atom. The van der Waals surface area contributed by atoms with Gasteiger partial charge in [0.05, 0.1) is 5.52 Å². The van der Waals surface area contributed by atoms with Crippen LogP contribution in [-0.2, 0) is 7.05 Å². The van der Waals surface area contributed by atoms with Crippen molar-refractivity contribution >= 4 is 11.0 Å². The highest BCUT2D eigenvalue weighted by Crippen LogP contribution is 2.00. The Bertz CT molecular complexity index is 440. The summed E-state index contributed by atoms with van der Waals surface area (Å²) >= 11 is 0. The van der Waals surface area contributed by atoms with Crippen molar-refractivity contribution in [3.63, 3.8) is 0 Å². The molecule has 0 aromatic carbocycles. The fraction of sp³-hybridized carbons (Fsp3) is 0.143. The Kier molecular flexibility index (Phi) is 1.09. The first-order chi connectivity index (χ1) is 5.29. The molecule has 56 valence electrons. The minimum atomic E-state index is -0.0828. The highest BCUT2D eigenvalue weighted by molar-refractivity contribution is 5.72. The minimum Gasteiger partial charge on any atom is -0.294 e. The molecule has 2 aromatic rings. The maximum atomic E-state index is 11.2. The first-order valence-corrected chi connectivity index (χ1v) is 3.29. The van der Waals surface area contributed by atoms with Gasteiger partial charge >= 0.3 is 0 Å². The van der Waals surface area contributed by atoms with Crippen molar-refractivity contribution in [1.82, 2.24) is 14.8 Å². The molecule has 0 bridgehead atoms. The van der Waals surface area contributed by atoms with Gasteiger partial charge in [-0.2, -0.15) is 0 Å². The summed E-state index contributed by atoms with van der Waals surface area (Å²) in [6.45, 7) is 0. The van der Waals surface area contributed by atoms with E-state index in [0.29, 0.717) is 5.52 Å². The van der Waals surface area contributed by atoms with Crippen LogP contribution in [0.15, 0.2) is 23.1 Å². The molecule has 1 N–H and O–H groups in total. The van der Waals surface area contributed by atoms with Crippen molar-refractivity contribution in [3.8, 4) is 0 Å². The number of hydrogen-bond donors (Lipinski definition) is 1. The second kappa shape index (κ2) is 1.95. The summed E-state index contributed by atoms with van der Waals surface area (Å²) in [7, 11) is 1.67. The molecule has 4 nitrogen and oxygen atoms in total. The highest BCUT2D eigenvalue weighted by Gasteiger charge is 2.01. The van der Waals surface area contributed by atoms with Crippen LogP contribution in [0.4, 0.5) is 0 Å². The molecule has 0 atom stereocenters. The second-order valence-corrected chi connectivity index (χ2v) is 2.38. The predicted octanol–water partition coefficient (Wildman–Crippen LogP) is 0.262. The molecule has 0 aliphatic heterocycles. The van der Waals surface area contributed by atoms with Gasteiger partial charge in [0.1, 0.15) is 0 Å². The zero-order chi connectivity index (χ0) is 7.84. The lowest BCUT2D eigenvalue weighted by atomic mass is 10.4. The van der Waals surface area contributed by atoms with Gasteiger partial charge in [-0.1, -0.05) is 0 Å². The normalized spacial score (nSPS) is 10.6. The van der Waals surface area contributed by atoms with Crippen LogP contribution >= 0.6 is 0 Å². The van der Waals surface area contributed by atoms with E-state index in [2.05, 4.69) is 10.1 Å². The quantitative estimate of drug-likeness (QED) is 0.584. The number of pyridine rings is 1. The summed E-state index contributed by atoms with van der Waals surface area (Å²) in [6.07, 6.45) is 1.61. The van der Waals surface area contributed by atoms with Gasteiger partial charge in [-0.05, 0) is 12.1 Å². The number of hydrogen-bond acceptors (Lipinski definition) is 2. The van der Waals surface area contributed by atoms with Crippen LogP contribution in [0.3, 0.4) is 0 Å². The van der Waals surface area contributed by atoms with Crippen molar-refractivity contribution < 1.29 is 0 Å². The predicted molar refractivity (Wildman–Crippen MR) is 41.3 cm³/mol. The molecular weight excluding hydrogens is 142 g/mol. The van der Waals surface area contributed by atoms with Gasteiger partial charge in [0.15, 0.2) is 5.52 Å². The maximum absolute atomic E-state index is 11.2. The smallest absolute Gasteiger partial charge is 0.292 e. The number of fused-ring (bicyclic) bond motifs is 1. The van der Waals surface area contributed by atoms with E-state index in [-0.39, 0.29) is 5.56 Å². The third-order valence-corrected chi connectivity index (χ3v) is 1.60. The lowest BCUT2D eigenvalue weighted by Gasteiger charge is -1.82. The molecule has 0 spiro atoms. The lowest BCUT2D eigenvalue weighted by Crippen LogP contribution is -2.11. The molecule has 2 rings (SSSR count). The average Bonchev–Trinajstić information content (AvgIpc) is 2.30. The van der Waals surface area contributed by atoms with Gasteiger partial charge < -0.3 is 0 Å². The Balaban J connectivity index is 3.04. The van der Waals surface area contributed by atoms with Crippen molar-refractivity contribution in [2.45, 2.75) is 0 Å². The van der Waals surface area contributed by atoms with Gasteiger partial charge in [0, 0.05) is 13.2 Å². The first kappa shape index (κ1) is 6.15.